The molecule has 0 spiro atoms. The van der Waals surface area contributed by atoms with Gasteiger partial charge < -0.3 is 10.2 Å². The van der Waals surface area contributed by atoms with Gasteiger partial charge in [-0.25, -0.2) is 0 Å². The molecule has 2 N–H and O–H groups in total. The van der Waals surface area contributed by atoms with Gasteiger partial charge in [-0.05, 0) is 30.6 Å². The molecule has 0 aliphatic heterocycles. The Balaban J connectivity index is 2.46. The van der Waals surface area contributed by atoms with Gasteiger partial charge in [0.05, 0.1) is 6.10 Å². The standard InChI is InChI=1S/C11H20O3/c1-7-3-4-9(10(12)5-7)8(2)6-11(13)14/h7-10,12H,3-6H2,1-2H3,(H,13,14)/t7-,8?,9-,10+/m0/s1. The normalized spacial score (nSPS) is 35.2. The average Bonchev–Trinajstić information content (AvgIpc) is 2.01. The van der Waals surface area contributed by atoms with E-state index in [-0.39, 0.29) is 24.4 Å². The second-order valence-electron chi connectivity index (χ2n) is 4.72. The lowest BCUT2D eigenvalue weighted by atomic mass is 9.74. The molecular weight excluding hydrogens is 180 g/mol. The van der Waals surface area contributed by atoms with Gasteiger partial charge in [0.25, 0.3) is 0 Å². The number of carbonyl (C=O) groups is 1. The van der Waals surface area contributed by atoms with Crippen LogP contribution in [0.4, 0.5) is 0 Å². The van der Waals surface area contributed by atoms with Crippen LogP contribution in [0.15, 0.2) is 0 Å². The Labute approximate surface area is 85.1 Å². The molecule has 0 heterocycles. The number of aliphatic hydroxyl groups excluding tert-OH is 1. The molecular formula is C11H20O3. The second kappa shape index (κ2) is 4.78. The van der Waals surface area contributed by atoms with Crippen LogP contribution in [0.25, 0.3) is 0 Å². The van der Waals surface area contributed by atoms with Gasteiger partial charge in [0.2, 0.25) is 0 Å². The number of rotatable bonds is 3. The highest BCUT2D eigenvalue weighted by Crippen LogP contribution is 2.34. The molecule has 0 radical (unpaired) electrons. The Morgan fingerprint density at radius 2 is 2.14 bits per heavy atom. The maximum absolute atomic E-state index is 10.5. The van der Waals surface area contributed by atoms with Gasteiger partial charge in [-0.3, -0.25) is 4.79 Å². The zero-order chi connectivity index (χ0) is 10.7. The Kier molecular flexibility index (Phi) is 3.93. The zero-order valence-corrected chi connectivity index (χ0v) is 8.94. The summed E-state index contributed by atoms with van der Waals surface area (Å²) >= 11 is 0. The fraction of sp³-hybridized carbons (Fsp3) is 0.909. The predicted octanol–water partition coefficient (Wildman–Crippen LogP) is 1.89. The molecule has 14 heavy (non-hydrogen) atoms. The Hall–Kier alpha value is -0.570. The molecule has 0 aromatic heterocycles. The van der Waals surface area contributed by atoms with Crippen LogP contribution in [0.3, 0.4) is 0 Å². The first-order valence-corrected chi connectivity index (χ1v) is 5.40. The smallest absolute Gasteiger partial charge is 0.303 e. The molecule has 0 aromatic carbocycles. The SMILES string of the molecule is CC(CC(=O)O)[C@@H]1CC[C@H](C)C[C@H]1O. The Morgan fingerprint density at radius 1 is 1.50 bits per heavy atom. The van der Waals surface area contributed by atoms with Crippen LogP contribution >= 0.6 is 0 Å². The van der Waals surface area contributed by atoms with Gasteiger partial charge in [0.15, 0.2) is 0 Å². The molecule has 1 aliphatic carbocycles. The summed E-state index contributed by atoms with van der Waals surface area (Å²) in [7, 11) is 0. The molecule has 1 aliphatic rings. The minimum atomic E-state index is -0.761. The van der Waals surface area contributed by atoms with Gasteiger partial charge in [-0.2, -0.15) is 0 Å². The van der Waals surface area contributed by atoms with Crippen LogP contribution in [-0.2, 0) is 4.79 Å². The van der Waals surface area contributed by atoms with Gasteiger partial charge >= 0.3 is 5.97 Å². The fourth-order valence-corrected chi connectivity index (χ4v) is 2.46. The highest BCUT2D eigenvalue weighted by atomic mass is 16.4. The summed E-state index contributed by atoms with van der Waals surface area (Å²) < 4.78 is 0. The number of hydrogen-bond donors (Lipinski definition) is 2. The summed E-state index contributed by atoms with van der Waals surface area (Å²) in [5, 5.41) is 18.5. The van der Waals surface area contributed by atoms with E-state index in [2.05, 4.69) is 6.92 Å². The second-order valence-corrected chi connectivity index (χ2v) is 4.72. The molecule has 0 bridgehead atoms. The third-order valence-electron chi connectivity index (χ3n) is 3.36. The van der Waals surface area contributed by atoms with Crippen molar-refractivity contribution in [2.45, 2.75) is 45.6 Å². The van der Waals surface area contributed by atoms with Gasteiger partial charge in [0.1, 0.15) is 0 Å². The molecule has 3 heteroatoms. The number of aliphatic carboxylic acids is 1. The first-order valence-electron chi connectivity index (χ1n) is 5.40. The molecule has 1 fully saturated rings. The van der Waals surface area contributed by atoms with E-state index in [1.807, 2.05) is 6.92 Å². The lowest BCUT2D eigenvalue weighted by Gasteiger charge is -2.34. The van der Waals surface area contributed by atoms with Crippen molar-refractivity contribution in [3.63, 3.8) is 0 Å². The maximum atomic E-state index is 10.5. The molecule has 0 saturated heterocycles. The summed E-state index contributed by atoms with van der Waals surface area (Å²) in [6, 6.07) is 0. The van der Waals surface area contributed by atoms with Crippen LogP contribution < -0.4 is 0 Å². The third-order valence-corrected chi connectivity index (χ3v) is 3.36. The number of hydrogen-bond acceptors (Lipinski definition) is 2. The van der Waals surface area contributed by atoms with Gasteiger partial charge in [-0.1, -0.05) is 20.3 Å². The van der Waals surface area contributed by atoms with E-state index < -0.39 is 5.97 Å². The molecule has 4 atom stereocenters. The van der Waals surface area contributed by atoms with Crippen LogP contribution in [0.2, 0.25) is 0 Å². The minimum Gasteiger partial charge on any atom is -0.481 e. The average molecular weight is 200 g/mol. The first-order chi connectivity index (χ1) is 6.50. The number of carboxylic acids is 1. The van der Waals surface area contributed by atoms with Gasteiger partial charge in [-0.15, -0.1) is 0 Å². The molecule has 0 amide bonds. The Morgan fingerprint density at radius 3 is 2.64 bits per heavy atom. The lowest BCUT2D eigenvalue weighted by Crippen LogP contribution is -2.33. The van der Waals surface area contributed by atoms with E-state index in [1.165, 1.54) is 0 Å². The summed E-state index contributed by atoms with van der Waals surface area (Å²) in [5.74, 6) is 0.0962. The summed E-state index contributed by atoms with van der Waals surface area (Å²) in [5.41, 5.74) is 0. The van der Waals surface area contributed by atoms with Crippen LogP contribution in [-0.4, -0.2) is 22.3 Å². The van der Waals surface area contributed by atoms with E-state index in [9.17, 15) is 9.90 Å². The third kappa shape index (κ3) is 2.98. The quantitative estimate of drug-likeness (QED) is 0.731. The van der Waals surface area contributed by atoms with Crippen LogP contribution in [0.5, 0.6) is 0 Å². The van der Waals surface area contributed by atoms with Crippen molar-refractivity contribution in [1.29, 1.82) is 0 Å². The number of aliphatic hydroxyl groups is 1. The van der Waals surface area contributed by atoms with Crippen LogP contribution in [0, 0.1) is 17.8 Å². The van der Waals surface area contributed by atoms with Crippen molar-refractivity contribution < 1.29 is 15.0 Å². The van der Waals surface area contributed by atoms with Crippen molar-refractivity contribution >= 4 is 5.97 Å². The van der Waals surface area contributed by atoms with Crippen molar-refractivity contribution in [1.82, 2.24) is 0 Å². The largest absolute Gasteiger partial charge is 0.481 e. The van der Waals surface area contributed by atoms with Crippen molar-refractivity contribution in [3.8, 4) is 0 Å². The minimum absolute atomic E-state index is 0.0926. The maximum Gasteiger partial charge on any atom is 0.303 e. The summed E-state index contributed by atoms with van der Waals surface area (Å²) in [4.78, 5) is 10.5. The van der Waals surface area contributed by atoms with Crippen LogP contribution in [0.1, 0.15) is 39.5 Å². The molecule has 1 unspecified atom stereocenters. The molecule has 3 nitrogen and oxygen atoms in total. The summed E-state index contributed by atoms with van der Waals surface area (Å²) in [6.07, 6.45) is 2.79. The van der Waals surface area contributed by atoms with E-state index in [0.717, 1.165) is 19.3 Å². The van der Waals surface area contributed by atoms with Crippen molar-refractivity contribution in [2.24, 2.45) is 17.8 Å². The highest BCUT2D eigenvalue weighted by molar-refractivity contribution is 5.67. The van der Waals surface area contributed by atoms with E-state index in [0.29, 0.717) is 5.92 Å². The zero-order valence-electron chi connectivity index (χ0n) is 8.94. The Bertz CT molecular complexity index is 203. The van der Waals surface area contributed by atoms with E-state index in [4.69, 9.17) is 5.11 Å². The molecule has 82 valence electrons. The molecule has 1 rings (SSSR count). The number of carboxylic acid groups (broad SMARTS) is 1. The fourth-order valence-electron chi connectivity index (χ4n) is 2.46. The monoisotopic (exact) mass is 200 g/mol. The van der Waals surface area contributed by atoms with Gasteiger partial charge in [0, 0.05) is 6.42 Å². The highest BCUT2D eigenvalue weighted by Gasteiger charge is 2.31. The summed E-state index contributed by atoms with van der Waals surface area (Å²) in [6.45, 7) is 4.07. The lowest BCUT2D eigenvalue weighted by molar-refractivity contribution is -0.139. The molecule has 1 saturated carbocycles. The van der Waals surface area contributed by atoms with Crippen molar-refractivity contribution in [2.75, 3.05) is 0 Å². The van der Waals surface area contributed by atoms with E-state index in [1.54, 1.807) is 0 Å². The predicted molar refractivity (Wildman–Crippen MR) is 53.9 cm³/mol. The first kappa shape index (κ1) is 11.5. The van der Waals surface area contributed by atoms with E-state index >= 15 is 0 Å². The topological polar surface area (TPSA) is 57.5 Å². The molecule has 0 aromatic rings. The van der Waals surface area contributed by atoms with Crippen molar-refractivity contribution in [3.05, 3.63) is 0 Å².